The van der Waals surface area contributed by atoms with Crippen molar-refractivity contribution in [3.05, 3.63) is 16.3 Å². The summed E-state index contributed by atoms with van der Waals surface area (Å²) < 4.78 is 27.2. The lowest BCUT2D eigenvalue weighted by Crippen LogP contribution is -2.41. The second kappa shape index (κ2) is 6.53. The van der Waals surface area contributed by atoms with Gasteiger partial charge in [0.15, 0.2) is 0 Å². The monoisotopic (exact) mass is 317 g/mol. The second-order valence-electron chi connectivity index (χ2n) is 5.36. The fraction of sp³-hybridized carbons (Fsp3) is 0.692. The van der Waals surface area contributed by atoms with E-state index in [1.807, 2.05) is 21.0 Å². The lowest BCUT2D eigenvalue weighted by Gasteiger charge is -2.26. The lowest BCUT2D eigenvalue weighted by atomic mass is 10.3. The Bertz CT molecular complexity index is 542. The van der Waals surface area contributed by atoms with Crippen molar-refractivity contribution in [1.29, 1.82) is 0 Å². The highest BCUT2D eigenvalue weighted by Gasteiger charge is 2.31. The van der Waals surface area contributed by atoms with Crippen molar-refractivity contribution in [3.8, 4) is 0 Å². The zero-order chi connectivity index (χ0) is 14.8. The predicted molar refractivity (Wildman–Crippen MR) is 82.6 cm³/mol. The molecule has 20 heavy (non-hydrogen) atoms. The molecule has 1 N–H and O–H groups in total. The first-order chi connectivity index (χ1) is 9.45. The second-order valence-corrected chi connectivity index (χ2v) is 8.25. The molecular weight excluding hydrogens is 294 g/mol. The largest absolute Gasteiger partial charge is 0.315 e. The van der Waals surface area contributed by atoms with Crippen molar-refractivity contribution in [2.45, 2.75) is 30.8 Å². The van der Waals surface area contributed by atoms with Crippen LogP contribution in [0.4, 0.5) is 0 Å². The van der Waals surface area contributed by atoms with Gasteiger partial charge >= 0.3 is 0 Å². The third-order valence-corrected chi connectivity index (χ3v) is 6.65. The summed E-state index contributed by atoms with van der Waals surface area (Å²) in [5.74, 6) is 0. The van der Waals surface area contributed by atoms with Gasteiger partial charge in [0, 0.05) is 35.9 Å². The SMILES string of the molecule is CNCc1cc(S(=O)(=O)N2CCCN(C)CC2C)cs1. The van der Waals surface area contributed by atoms with Gasteiger partial charge in [0.05, 0.1) is 4.90 Å². The summed E-state index contributed by atoms with van der Waals surface area (Å²) in [7, 11) is 0.539. The standard InChI is InChI=1S/C13H23N3O2S2/c1-11-9-15(3)5-4-6-16(11)20(17,18)13-7-12(8-14-2)19-10-13/h7,10-11,14H,4-6,8-9H2,1-3H3. The highest BCUT2D eigenvalue weighted by molar-refractivity contribution is 7.89. The van der Waals surface area contributed by atoms with Crippen LogP contribution in [0.5, 0.6) is 0 Å². The van der Waals surface area contributed by atoms with E-state index in [0.717, 1.165) is 24.4 Å². The van der Waals surface area contributed by atoms with Crippen LogP contribution in [-0.4, -0.2) is 57.4 Å². The summed E-state index contributed by atoms with van der Waals surface area (Å²) in [6.45, 7) is 5.03. The number of likely N-dealkylation sites (N-methyl/N-ethyl adjacent to an activating group) is 1. The molecule has 114 valence electrons. The molecule has 0 spiro atoms. The molecule has 1 atom stereocenters. The quantitative estimate of drug-likeness (QED) is 0.906. The molecule has 0 aliphatic carbocycles. The molecule has 0 aromatic carbocycles. The molecule has 0 radical (unpaired) electrons. The number of nitrogens with zero attached hydrogens (tertiary/aromatic N) is 2. The van der Waals surface area contributed by atoms with Crippen molar-refractivity contribution in [2.75, 3.05) is 33.7 Å². The van der Waals surface area contributed by atoms with Crippen LogP contribution in [-0.2, 0) is 16.6 Å². The van der Waals surface area contributed by atoms with Crippen LogP contribution in [0, 0.1) is 0 Å². The van der Waals surface area contributed by atoms with Gasteiger partial charge in [-0.2, -0.15) is 4.31 Å². The number of sulfonamides is 1. The van der Waals surface area contributed by atoms with Gasteiger partial charge in [-0.3, -0.25) is 0 Å². The molecule has 1 aliphatic rings. The van der Waals surface area contributed by atoms with E-state index in [-0.39, 0.29) is 6.04 Å². The molecule has 1 fully saturated rings. The summed E-state index contributed by atoms with van der Waals surface area (Å²) in [5, 5.41) is 4.80. The maximum Gasteiger partial charge on any atom is 0.244 e. The predicted octanol–water partition coefficient (Wildman–Crippen LogP) is 1.18. The van der Waals surface area contributed by atoms with Gasteiger partial charge in [-0.1, -0.05) is 0 Å². The molecule has 2 heterocycles. The summed E-state index contributed by atoms with van der Waals surface area (Å²) in [6, 6.07) is 1.80. The van der Waals surface area contributed by atoms with Gasteiger partial charge in [0.25, 0.3) is 0 Å². The Labute approximate surface area is 125 Å². The minimum Gasteiger partial charge on any atom is -0.315 e. The van der Waals surface area contributed by atoms with E-state index in [0.29, 0.717) is 18.0 Å². The fourth-order valence-corrected chi connectivity index (χ4v) is 5.54. The molecule has 5 nitrogen and oxygen atoms in total. The van der Waals surface area contributed by atoms with Crippen LogP contribution < -0.4 is 5.32 Å². The maximum atomic E-state index is 12.8. The summed E-state index contributed by atoms with van der Waals surface area (Å²) in [4.78, 5) is 3.68. The van der Waals surface area contributed by atoms with Crippen LogP contribution in [0.1, 0.15) is 18.2 Å². The van der Waals surface area contributed by atoms with E-state index < -0.39 is 10.0 Å². The van der Waals surface area contributed by atoms with Gasteiger partial charge in [-0.25, -0.2) is 8.42 Å². The minimum absolute atomic E-state index is 0.0140. The summed E-state index contributed by atoms with van der Waals surface area (Å²) >= 11 is 1.49. The van der Waals surface area contributed by atoms with Gasteiger partial charge in [0.2, 0.25) is 10.0 Å². The van der Waals surface area contributed by atoms with E-state index >= 15 is 0 Å². The van der Waals surface area contributed by atoms with E-state index in [9.17, 15) is 8.42 Å². The van der Waals surface area contributed by atoms with Crippen molar-refractivity contribution >= 4 is 21.4 Å². The molecular formula is C13H23N3O2S2. The van der Waals surface area contributed by atoms with E-state index in [4.69, 9.17) is 0 Å². The molecule has 1 aromatic heterocycles. The minimum atomic E-state index is -3.37. The Morgan fingerprint density at radius 3 is 2.90 bits per heavy atom. The zero-order valence-corrected chi connectivity index (χ0v) is 13.9. The topological polar surface area (TPSA) is 52.7 Å². The van der Waals surface area contributed by atoms with Gasteiger partial charge in [-0.15, -0.1) is 11.3 Å². The first-order valence-electron chi connectivity index (χ1n) is 6.87. The summed E-state index contributed by atoms with van der Waals surface area (Å²) in [6.07, 6.45) is 0.883. The van der Waals surface area contributed by atoms with Crippen LogP contribution in [0.25, 0.3) is 0 Å². The third-order valence-electron chi connectivity index (χ3n) is 3.57. The first-order valence-corrected chi connectivity index (χ1v) is 9.19. The number of hydrogen-bond donors (Lipinski definition) is 1. The molecule has 1 aliphatic heterocycles. The average molecular weight is 317 g/mol. The van der Waals surface area contributed by atoms with Crippen molar-refractivity contribution < 1.29 is 8.42 Å². The smallest absolute Gasteiger partial charge is 0.244 e. The molecule has 1 unspecified atom stereocenters. The van der Waals surface area contributed by atoms with Crippen molar-refractivity contribution in [2.24, 2.45) is 0 Å². The van der Waals surface area contributed by atoms with Gasteiger partial charge < -0.3 is 10.2 Å². The Hall–Kier alpha value is -0.470. The third kappa shape index (κ3) is 3.40. The van der Waals surface area contributed by atoms with E-state index in [1.165, 1.54) is 11.3 Å². The van der Waals surface area contributed by atoms with Crippen molar-refractivity contribution in [3.63, 3.8) is 0 Å². The first kappa shape index (κ1) is 15.9. The Morgan fingerprint density at radius 1 is 1.45 bits per heavy atom. The molecule has 0 amide bonds. The molecule has 2 rings (SSSR count). The van der Waals surface area contributed by atoms with E-state index in [1.54, 1.807) is 15.8 Å². The normalized spacial score (nSPS) is 22.9. The number of rotatable bonds is 4. The van der Waals surface area contributed by atoms with Crippen molar-refractivity contribution in [1.82, 2.24) is 14.5 Å². The zero-order valence-electron chi connectivity index (χ0n) is 12.3. The number of nitrogens with one attached hydrogen (secondary N) is 1. The lowest BCUT2D eigenvalue weighted by molar-refractivity contribution is 0.290. The number of thiophene rings is 1. The Balaban J connectivity index is 2.23. The van der Waals surface area contributed by atoms with Crippen LogP contribution >= 0.6 is 11.3 Å². The molecule has 7 heteroatoms. The van der Waals surface area contributed by atoms with Crippen LogP contribution in [0.2, 0.25) is 0 Å². The Morgan fingerprint density at radius 2 is 2.20 bits per heavy atom. The van der Waals surface area contributed by atoms with Gasteiger partial charge in [0.1, 0.15) is 0 Å². The molecule has 0 bridgehead atoms. The molecule has 1 aromatic rings. The van der Waals surface area contributed by atoms with Crippen LogP contribution in [0.15, 0.2) is 16.3 Å². The molecule has 0 saturated carbocycles. The Kier molecular flexibility index (Phi) is 5.19. The number of hydrogen-bond acceptors (Lipinski definition) is 5. The van der Waals surface area contributed by atoms with Crippen LogP contribution in [0.3, 0.4) is 0 Å². The van der Waals surface area contributed by atoms with E-state index in [2.05, 4.69) is 10.2 Å². The fourth-order valence-electron chi connectivity index (χ4n) is 2.61. The maximum absolute atomic E-state index is 12.8. The highest BCUT2D eigenvalue weighted by Crippen LogP contribution is 2.25. The average Bonchev–Trinajstić information content (AvgIpc) is 2.76. The summed E-state index contributed by atoms with van der Waals surface area (Å²) in [5.41, 5.74) is 0. The highest BCUT2D eigenvalue weighted by atomic mass is 32.2. The van der Waals surface area contributed by atoms with Gasteiger partial charge in [-0.05, 0) is 40.1 Å². The molecule has 1 saturated heterocycles.